The summed E-state index contributed by atoms with van der Waals surface area (Å²) in [4.78, 5) is 0. The van der Waals surface area contributed by atoms with Gasteiger partial charge in [0.15, 0.2) is 0 Å². The molecule has 0 aromatic rings. The molecule has 1 aliphatic rings. The van der Waals surface area contributed by atoms with Gasteiger partial charge in [0.05, 0.1) is 5.60 Å². The molecule has 1 atom stereocenters. The number of hydrogen-bond acceptors (Lipinski definition) is 2. The zero-order valence-corrected chi connectivity index (χ0v) is 13.0. The van der Waals surface area contributed by atoms with Gasteiger partial charge < -0.3 is 10.1 Å². The highest BCUT2D eigenvalue weighted by Gasteiger charge is 2.63. The largest absolute Gasteiger partial charge is 0.379 e. The van der Waals surface area contributed by atoms with Crippen LogP contribution in [0.1, 0.15) is 54.9 Å². The summed E-state index contributed by atoms with van der Waals surface area (Å²) >= 11 is 0. The van der Waals surface area contributed by atoms with Gasteiger partial charge >= 0.3 is 0 Å². The third kappa shape index (κ3) is 3.03. The number of methoxy groups -OCH3 is 1. The molecule has 0 radical (unpaired) electrons. The van der Waals surface area contributed by atoms with Crippen molar-refractivity contribution in [3.05, 3.63) is 0 Å². The smallest absolute Gasteiger partial charge is 0.0637 e. The van der Waals surface area contributed by atoms with E-state index in [1.807, 2.05) is 0 Å². The van der Waals surface area contributed by atoms with Gasteiger partial charge in [-0.05, 0) is 50.5 Å². The molecule has 0 bridgehead atoms. The van der Waals surface area contributed by atoms with E-state index in [4.69, 9.17) is 4.74 Å². The topological polar surface area (TPSA) is 21.3 Å². The first-order valence-electron chi connectivity index (χ1n) is 6.83. The average molecular weight is 241 g/mol. The van der Waals surface area contributed by atoms with Crippen LogP contribution in [-0.2, 0) is 4.74 Å². The van der Waals surface area contributed by atoms with E-state index in [1.54, 1.807) is 7.11 Å². The molecule has 17 heavy (non-hydrogen) atoms. The third-order valence-corrected chi connectivity index (χ3v) is 5.34. The van der Waals surface area contributed by atoms with Crippen LogP contribution in [0.5, 0.6) is 0 Å². The second kappa shape index (κ2) is 4.55. The number of ether oxygens (including phenoxy) is 1. The maximum absolute atomic E-state index is 5.47. The van der Waals surface area contributed by atoms with E-state index >= 15 is 0 Å². The molecule has 2 heteroatoms. The molecule has 0 aliphatic heterocycles. The summed E-state index contributed by atoms with van der Waals surface area (Å²) in [5.74, 6) is 0.795. The van der Waals surface area contributed by atoms with Crippen molar-refractivity contribution >= 4 is 0 Å². The van der Waals surface area contributed by atoms with Gasteiger partial charge in [0, 0.05) is 13.2 Å². The van der Waals surface area contributed by atoms with Gasteiger partial charge in [-0.1, -0.05) is 27.7 Å². The highest BCUT2D eigenvalue weighted by molar-refractivity contribution is 5.12. The fourth-order valence-corrected chi connectivity index (χ4v) is 3.06. The molecule has 0 heterocycles. The minimum Gasteiger partial charge on any atom is -0.379 e. The summed E-state index contributed by atoms with van der Waals surface area (Å²) in [6.45, 7) is 17.2. The van der Waals surface area contributed by atoms with Crippen molar-refractivity contribution < 1.29 is 4.74 Å². The molecule has 2 nitrogen and oxygen atoms in total. The second-order valence-corrected chi connectivity index (χ2v) is 7.47. The molecule has 102 valence electrons. The van der Waals surface area contributed by atoms with Crippen LogP contribution in [0.15, 0.2) is 0 Å². The van der Waals surface area contributed by atoms with Crippen molar-refractivity contribution in [3.63, 3.8) is 0 Å². The normalized spacial score (nSPS) is 24.7. The van der Waals surface area contributed by atoms with Crippen molar-refractivity contribution in [3.8, 4) is 0 Å². The Bertz CT molecular complexity index is 254. The van der Waals surface area contributed by atoms with E-state index in [1.165, 1.54) is 0 Å². The lowest BCUT2D eigenvalue weighted by atomic mass is 9.99. The Hall–Kier alpha value is -0.0800. The van der Waals surface area contributed by atoms with Gasteiger partial charge in [0.2, 0.25) is 0 Å². The summed E-state index contributed by atoms with van der Waals surface area (Å²) in [6, 6.07) is 0.511. The van der Waals surface area contributed by atoms with Gasteiger partial charge in [0.1, 0.15) is 0 Å². The van der Waals surface area contributed by atoms with Crippen LogP contribution in [-0.4, -0.2) is 25.3 Å². The molecule has 0 aromatic heterocycles. The maximum atomic E-state index is 5.47. The summed E-state index contributed by atoms with van der Waals surface area (Å²) in [6.07, 6.45) is 1.05. The Balaban J connectivity index is 2.34. The number of rotatable bonds is 6. The fourth-order valence-electron chi connectivity index (χ4n) is 3.06. The fraction of sp³-hybridized carbons (Fsp3) is 1.00. The van der Waals surface area contributed by atoms with Crippen LogP contribution in [0, 0.1) is 16.7 Å². The van der Waals surface area contributed by atoms with Gasteiger partial charge in [0.25, 0.3) is 0 Å². The standard InChI is InChI=1S/C15H31NO/c1-11(9-13(2,3)17-8)16-10-12-14(4,5)15(12,6)7/h11-12,16H,9-10H2,1-8H3. The van der Waals surface area contributed by atoms with Gasteiger partial charge in [-0.25, -0.2) is 0 Å². The molecule has 1 fully saturated rings. The van der Waals surface area contributed by atoms with Crippen LogP contribution in [0.2, 0.25) is 0 Å². The number of hydrogen-bond donors (Lipinski definition) is 1. The van der Waals surface area contributed by atoms with Gasteiger partial charge in [-0.2, -0.15) is 0 Å². The second-order valence-electron chi connectivity index (χ2n) is 7.47. The van der Waals surface area contributed by atoms with Gasteiger partial charge in [-0.15, -0.1) is 0 Å². The lowest BCUT2D eigenvalue weighted by Crippen LogP contribution is -2.37. The average Bonchev–Trinajstić information content (AvgIpc) is 2.54. The molecule has 1 saturated carbocycles. The van der Waals surface area contributed by atoms with Crippen LogP contribution < -0.4 is 5.32 Å². The number of nitrogens with one attached hydrogen (secondary N) is 1. The van der Waals surface area contributed by atoms with Crippen LogP contribution in [0.25, 0.3) is 0 Å². The van der Waals surface area contributed by atoms with Crippen molar-refractivity contribution in [2.24, 2.45) is 16.7 Å². The predicted molar refractivity (Wildman–Crippen MR) is 74.2 cm³/mol. The summed E-state index contributed by atoms with van der Waals surface area (Å²) < 4.78 is 5.47. The summed E-state index contributed by atoms with van der Waals surface area (Å²) in [5.41, 5.74) is 0.938. The Kier molecular flexibility index (Phi) is 4.01. The van der Waals surface area contributed by atoms with Gasteiger partial charge in [-0.3, -0.25) is 0 Å². The van der Waals surface area contributed by atoms with Crippen molar-refractivity contribution in [1.29, 1.82) is 0 Å². The Morgan fingerprint density at radius 1 is 1.18 bits per heavy atom. The lowest BCUT2D eigenvalue weighted by Gasteiger charge is -2.27. The first-order valence-corrected chi connectivity index (χ1v) is 6.83. The molecule has 0 spiro atoms. The quantitative estimate of drug-likeness (QED) is 0.769. The zero-order chi connectivity index (χ0) is 13.5. The molecule has 0 amide bonds. The minimum absolute atomic E-state index is 0.0268. The zero-order valence-electron chi connectivity index (χ0n) is 13.0. The maximum Gasteiger partial charge on any atom is 0.0637 e. The molecule has 1 aliphatic carbocycles. The monoisotopic (exact) mass is 241 g/mol. The Morgan fingerprint density at radius 3 is 2.00 bits per heavy atom. The van der Waals surface area contributed by atoms with E-state index in [0.717, 1.165) is 18.9 Å². The van der Waals surface area contributed by atoms with Crippen molar-refractivity contribution in [1.82, 2.24) is 5.32 Å². The minimum atomic E-state index is -0.0268. The van der Waals surface area contributed by atoms with E-state index in [9.17, 15) is 0 Å². The third-order valence-electron chi connectivity index (χ3n) is 5.34. The predicted octanol–water partition coefficient (Wildman–Crippen LogP) is 3.46. The molecule has 0 saturated heterocycles. The molecule has 0 aromatic carbocycles. The van der Waals surface area contributed by atoms with E-state index < -0.39 is 0 Å². The molecule has 1 N–H and O–H groups in total. The van der Waals surface area contributed by atoms with E-state index in [0.29, 0.717) is 16.9 Å². The highest BCUT2D eigenvalue weighted by atomic mass is 16.5. The van der Waals surface area contributed by atoms with E-state index in [2.05, 4.69) is 53.8 Å². The first kappa shape index (κ1) is 15.0. The Labute approximate surface area is 108 Å². The van der Waals surface area contributed by atoms with Crippen LogP contribution >= 0.6 is 0 Å². The van der Waals surface area contributed by atoms with Crippen molar-refractivity contribution in [2.75, 3.05) is 13.7 Å². The highest BCUT2D eigenvalue weighted by Crippen LogP contribution is 2.67. The SMILES string of the molecule is COC(C)(C)CC(C)NCC1C(C)(C)C1(C)C. The summed E-state index contributed by atoms with van der Waals surface area (Å²) in [7, 11) is 1.79. The van der Waals surface area contributed by atoms with Crippen LogP contribution in [0.4, 0.5) is 0 Å². The lowest BCUT2D eigenvalue weighted by molar-refractivity contribution is 0.00844. The molecule has 1 unspecified atom stereocenters. The Morgan fingerprint density at radius 2 is 1.65 bits per heavy atom. The van der Waals surface area contributed by atoms with Crippen LogP contribution in [0.3, 0.4) is 0 Å². The summed E-state index contributed by atoms with van der Waals surface area (Å²) in [5, 5.41) is 3.67. The molecular weight excluding hydrogens is 210 g/mol. The molecule has 1 rings (SSSR count). The molecular formula is C15H31NO. The first-order chi connectivity index (χ1) is 7.54. The van der Waals surface area contributed by atoms with Crippen molar-refractivity contribution in [2.45, 2.75) is 66.5 Å². The van der Waals surface area contributed by atoms with E-state index in [-0.39, 0.29) is 5.60 Å².